The number of unbranched alkanes of at least 4 members (excludes halogenated alkanes) is 46. The average molecular weight is 1150 g/mol. The molecule has 1 unspecified atom stereocenters. The number of allylic oxidation sites excluding steroid dienone is 10. The van der Waals surface area contributed by atoms with Gasteiger partial charge in [0.1, 0.15) is 13.2 Å². The molecule has 6 heteroatoms. The summed E-state index contributed by atoms with van der Waals surface area (Å²) in [5.41, 5.74) is 0. The summed E-state index contributed by atoms with van der Waals surface area (Å²) in [5, 5.41) is 0. The Labute approximate surface area is 510 Å². The molecule has 0 bridgehead atoms. The van der Waals surface area contributed by atoms with Gasteiger partial charge in [0.15, 0.2) is 6.10 Å². The number of hydrogen-bond acceptors (Lipinski definition) is 6. The average Bonchev–Trinajstić information content (AvgIpc) is 3.47. The third-order valence-corrected chi connectivity index (χ3v) is 16.3. The van der Waals surface area contributed by atoms with Crippen molar-refractivity contribution in [2.75, 3.05) is 13.2 Å². The second-order valence-corrected chi connectivity index (χ2v) is 24.5. The van der Waals surface area contributed by atoms with E-state index in [1.807, 2.05) is 0 Å². The highest BCUT2D eigenvalue weighted by Crippen LogP contribution is 2.19. The first-order chi connectivity index (χ1) is 40.5. The molecule has 0 rings (SSSR count). The number of carbonyl (C=O) groups excluding carboxylic acids is 3. The maximum atomic E-state index is 13.0. The van der Waals surface area contributed by atoms with Crippen molar-refractivity contribution in [3.8, 4) is 0 Å². The van der Waals surface area contributed by atoms with E-state index in [2.05, 4.69) is 81.5 Å². The zero-order valence-electron chi connectivity index (χ0n) is 55.0. The van der Waals surface area contributed by atoms with Gasteiger partial charge in [-0.05, 0) is 64.2 Å². The molecule has 6 nitrogen and oxygen atoms in total. The van der Waals surface area contributed by atoms with Crippen molar-refractivity contribution in [2.24, 2.45) is 0 Å². The molecular formula is C76H138O6. The molecule has 0 aliphatic rings. The lowest BCUT2D eigenvalue weighted by Crippen LogP contribution is -2.30. The molecule has 0 aliphatic carbocycles. The minimum atomic E-state index is -0.773. The van der Waals surface area contributed by atoms with Crippen LogP contribution in [0.4, 0.5) is 0 Å². The quantitative estimate of drug-likeness (QED) is 0.0261. The topological polar surface area (TPSA) is 78.9 Å². The summed E-state index contributed by atoms with van der Waals surface area (Å²) in [5.74, 6) is -0.842. The Morgan fingerprint density at radius 1 is 0.256 bits per heavy atom. The van der Waals surface area contributed by atoms with E-state index in [0.29, 0.717) is 19.3 Å². The van der Waals surface area contributed by atoms with Crippen molar-refractivity contribution in [3.63, 3.8) is 0 Å². The number of esters is 3. The van der Waals surface area contributed by atoms with E-state index in [4.69, 9.17) is 14.2 Å². The zero-order chi connectivity index (χ0) is 59.2. The molecule has 478 valence electrons. The van der Waals surface area contributed by atoms with E-state index in [-0.39, 0.29) is 31.1 Å². The Morgan fingerprint density at radius 2 is 0.476 bits per heavy atom. The van der Waals surface area contributed by atoms with Crippen LogP contribution in [0.5, 0.6) is 0 Å². The zero-order valence-corrected chi connectivity index (χ0v) is 55.0. The van der Waals surface area contributed by atoms with Crippen molar-refractivity contribution in [3.05, 3.63) is 60.8 Å². The van der Waals surface area contributed by atoms with Crippen LogP contribution in [-0.4, -0.2) is 37.2 Å². The minimum Gasteiger partial charge on any atom is -0.462 e. The molecule has 0 amide bonds. The number of carbonyl (C=O) groups is 3. The fraction of sp³-hybridized carbons (Fsp3) is 0.829. The van der Waals surface area contributed by atoms with E-state index in [0.717, 1.165) is 89.9 Å². The maximum Gasteiger partial charge on any atom is 0.306 e. The van der Waals surface area contributed by atoms with Crippen LogP contribution >= 0.6 is 0 Å². The molecule has 0 fully saturated rings. The smallest absolute Gasteiger partial charge is 0.306 e. The third-order valence-electron chi connectivity index (χ3n) is 16.3. The van der Waals surface area contributed by atoms with E-state index in [1.165, 1.54) is 257 Å². The molecule has 0 saturated carbocycles. The molecule has 82 heavy (non-hydrogen) atoms. The summed E-state index contributed by atoms with van der Waals surface area (Å²) in [6.45, 7) is 6.60. The van der Waals surface area contributed by atoms with Gasteiger partial charge in [-0.2, -0.15) is 0 Å². The van der Waals surface area contributed by atoms with Gasteiger partial charge in [-0.1, -0.05) is 364 Å². The van der Waals surface area contributed by atoms with Gasteiger partial charge in [-0.3, -0.25) is 14.4 Å². The van der Waals surface area contributed by atoms with Gasteiger partial charge in [-0.15, -0.1) is 0 Å². The van der Waals surface area contributed by atoms with Crippen molar-refractivity contribution in [1.82, 2.24) is 0 Å². The summed E-state index contributed by atoms with van der Waals surface area (Å²) in [6, 6.07) is 0. The van der Waals surface area contributed by atoms with Crippen LogP contribution in [-0.2, 0) is 28.6 Å². The molecule has 0 radical (unpaired) electrons. The van der Waals surface area contributed by atoms with E-state index in [1.54, 1.807) is 0 Å². The molecule has 0 heterocycles. The highest BCUT2D eigenvalue weighted by molar-refractivity contribution is 5.71. The van der Waals surface area contributed by atoms with Crippen molar-refractivity contribution < 1.29 is 28.6 Å². The predicted octanol–water partition coefficient (Wildman–Crippen LogP) is 25.1. The standard InChI is InChI=1S/C76H138O6/c1-4-7-10-13-16-19-22-25-28-30-32-34-36-37-38-39-40-42-43-45-48-51-54-57-60-63-66-69-75(78)81-72-73(71-80-74(77)68-65-62-59-56-53-50-47-27-24-21-18-15-12-9-6-3)82-76(79)70-67-64-61-58-55-52-49-46-44-41-35-33-31-29-26-23-20-17-14-11-8-5-2/h7,10,16,19,25,28,32,34,37-38,73H,4-6,8-9,11-15,17-18,20-24,26-27,29-31,33,35-36,39-72H2,1-3H3/b10-7-,19-16-,28-25-,34-32-,38-37-. The number of rotatable bonds is 67. The third kappa shape index (κ3) is 67.9. The predicted molar refractivity (Wildman–Crippen MR) is 358 cm³/mol. The van der Waals surface area contributed by atoms with Gasteiger partial charge < -0.3 is 14.2 Å². The van der Waals surface area contributed by atoms with Gasteiger partial charge in [0.2, 0.25) is 0 Å². The van der Waals surface area contributed by atoms with E-state index in [9.17, 15) is 14.4 Å². The highest BCUT2D eigenvalue weighted by Gasteiger charge is 2.19. The molecular weight excluding hydrogens is 1010 g/mol. The highest BCUT2D eigenvalue weighted by atomic mass is 16.6. The summed E-state index contributed by atoms with van der Waals surface area (Å²) >= 11 is 0. The minimum absolute atomic E-state index is 0.0684. The Kier molecular flexibility index (Phi) is 68.1. The van der Waals surface area contributed by atoms with Gasteiger partial charge in [-0.25, -0.2) is 0 Å². The van der Waals surface area contributed by atoms with Crippen molar-refractivity contribution >= 4 is 17.9 Å². The van der Waals surface area contributed by atoms with Crippen LogP contribution in [0, 0.1) is 0 Å². The van der Waals surface area contributed by atoms with E-state index < -0.39 is 6.10 Å². The van der Waals surface area contributed by atoms with Gasteiger partial charge >= 0.3 is 17.9 Å². The summed E-state index contributed by atoms with van der Waals surface area (Å²) in [6.07, 6.45) is 91.1. The monoisotopic (exact) mass is 1150 g/mol. The first kappa shape index (κ1) is 79.1. The largest absolute Gasteiger partial charge is 0.462 e. The molecule has 0 saturated heterocycles. The van der Waals surface area contributed by atoms with Crippen LogP contribution in [0.3, 0.4) is 0 Å². The normalized spacial score (nSPS) is 12.4. The molecule has 0 aromatic rings. The lowest BCUT2D eigenvalue weighted by atomic mass is 10.0. The Morgan fingerprint density at radius 3 is 0.744 bits per heavy atom. The summed E-state index contributed by atoms with van der Waals surface area (Å²) in [4.78, 5) is 38.5. The second-order valence-electron chi connectivity index (χ2n) is 24.5. The lowest BCUT2D eigenvalue weighted by molar-refractivity contribution is -0.167. The first-order valence-corrected chi connectivity index (χ1v) is 36.3. The van der Waals surface area contributed by atoms with Crippen LogP contribution in [0.1, 0.15) is 387 Å². The van der Waals surface area contributed by atoms with Crippen LogP contribution < -0.4 is 0 Å². The number of ether oxygens (including phenoxy) is 3. The Hall–Kier alpha value is -2.89. The lowest BCUT2D eigenvalue weighted by Gasteiger charge is -2.18. The molecule has 1 atom stereocenters. The van der Waals surface area contributed by atoms with Crippen LogP contribution in [0.25, 0.3) is 0 Å². The molecule has 0 N–H and O–H groups in total. The van der Waals surface area contributed by atoms with Crippen molar-refractivity contribution in [2.45, 2.75) is 393 Å². The van der Waals surface area contributed by atoms with Crippen LogP contribution in [0.15, 0.2) is 60.8 Å². The van der Waals surface area contributed by atoms with Gasteiger partial charge in [0, 0.05) is 19.3 Å². The van der Waals surface area contributed by atoms with E-state index >= 15 is 0 Å². The molecule has 0 aliphatic heterocycles. The second kappa shape index (κ2) is 70.6. The van der Waals surface area contributed by atoms with Crippen molar-refractivity contribution in [1.29, 1.82) is 0 Å². The van der Waals surface area contributed by atoms with Crippen LogP contribution in [0.2, 0.25) is 0 Å². The summed E-state index contributed by atoms with van der Waals surface area (Å²) < 4.78 is 17.0. The maximum absolute atomic E-state index is 13.0. The Balaban J connectivity index is 4.27. The SMILES string of the molecule is CC/C=C\C/C=C\C/C=C\C/C=C\C/C=C\CCCCCCCCCCCCCC(=O)OCC(COC(=O)CCCCCCCCCCCCCCCCC)OC(=O)CCCCCCCCCCCCCCCCCCCCCCCC. The fourth-order valence-electron chi connectivity index (χ4n) is 10.9. The first-order valence-electron chi connectivity index (χ1n) is 36.3. The Bertz CT molecular complexity index is 1460. The van der Waals surface area contributed by atoms with Gasteiger partial charge in [0.25, 0.3) is 0 Å². The summed E-state index contributed by atoms with van der Waals surface area (Å²) in [7, 11) is 0. The molecule has 0 aromatic heterocycles. The van der Waals surface area contributed by atoms with Gasteiger partial charge in [0.05, 0.1) is 0 Å². The fourth-order valence-corrected chi connectivity index (χ4v) is 10.9. The number of hydrogen-bond donors (Lipinski definition) is 0. The molecule has 0 aromatic carbocycles. The molecule has 0 spiro atoms.